The van der Waals surface area contributed by atoms with Crippen molar-refractivity contribution in [3.8, 4) is 0 Å². The van der Waals surface area contributed by atoms with Crippen LogP contribution in [-0.4, -0.2) is 47.9 Å². The Morgan fingerprint density at radius 2 is 2.29 bits per heavy atom. The molecular weight excluding hydrogens is 268 g/mol. The lowest BCUT2D eigenvalue weighted by atomic mass is 10.1. The van der Waals surface area contributed by atoms with E-state index in [0.29, 0.717) is 24.5 Å². The lowest BCUT2D eigenvalue weighted by molar-refractivity contribution is -0.127. The fourth-order valence-electron chi connectivity index (χ4n) is 2.45. The van der Waals surface area contributed by atoms with Crippen LogP contribution in [0, 0.1) is 0 Å². The molecule has 1 unspecified atom stereocenters. The minimum absolute atomic E-state index is 0.105. The van der Waals surface area contributed by atoms with E-state index in [2.05, 4.69) is 22.5 Å². The van der Waals surface area contributed by atoms with E-state index in [4.69, 9.17) is 0 Å². The molecule has 0 radical (unpaired) electrons. The number of amides is 2. The van der Waals surface area contributed by atoms with Crippen molar-refractivity contribution in [3.63, 3.8) is 0 Å². The zero-order chi connectivity index (χ0) is 15.4. The first-order valence-corrected chi connectivity index (χ1v) is 7.34. The van der Waals surface area contributed by atoms with E-state index in [1.54, 1.807) is 24.9 Å². The van der Waals surface area contributed by atoms with Gasteiger partial charge in [-0.3, -0.25) is 9.59 Å². The van der Waals surface area contributed by atoms with Gasteiger partial charge >= 0.3 is 0 Å². The van der Waals surface area contributed by atoms with E-state index in [-0.39, 0.29) is 11.8 Å². The molecule has 0 aliphatic carbocycles. The van der Waals surface area contributed by atoms with Gasteiger partial charge in [-0.15, -0.1) is 0 Å². The third-order valence-electron chi connectivity index (χ3n) is 3.65. The molecule has 6 heteroatoms. The molecule has 0 saturated carbocycles. The Morgan fingerprint density at radius 3 is 2.95 bits per heavy atom. The maximum Gasteiger partial charge on any atom is 0.254 e. The summed E-state index contributed by atoms with van der Waals surface area (Å²) in [5.41, 5.74) is 1.47. The monoisotopic (exact) mass is 290 g/mol. The fraction of sp³-hybridized carbons (Fsp3) is 0.533. The second-order valence-corrected chi connectivity index (χ2v) is 5.20. The number of nitrogens with zero attached hydrogens (tertiary/aromatic N) is 2. The zero-order valence-electron chi connectivity index (χ0n) is 12.8. The molecule has 6 nitrogen and oxygen atoms in total. The molecule has 1 fully saturated rings. The molecule has 2 heterocycles. The molecule has 1 aromatic rings. The number of carbonyl (C=O) groups excluding carboxylic acids is 2. The van der Waals surface area contributed by atoms with Crippen molar-refractivity contribution in [2.75, 3.05) is 25.5 Å². The van der Waals surface area contributed by atoms with Crippen LogP contribution < -0.4 is 10.6 Å². The second-order valence-electron chi connectivity index (χ2n) is 5.20. The highest BCUT2D eigenvalue weighted by molar-refractivity contribution is 5.98. The van der Waals surface area contributed by atoms with Crippen molar-refractivity contribution in [2.45, 2.75) is 32.7 Å². The summed E-state index contributed by atoms with van der Waals surface area (Å²) in [7, 11) is 1.78. The van der Waals surface area contributed by atoms with Gasteiger partial charge in [-0.05, 0) is 25.5 Å². The van der Waals surface area contributed by atoms with Crippen LogP contribution in [-0.2, 0) is 11.2 Å². The van der Waals surface area contributed by atoms with Gasteiger partial charge in [-0.2, -0.15) is 0 Å². The van der Waals surface area contributed by atoms with Crippen molar-refractivity contribution in [1.82, 2.24) is 15.2 Å². The molecule has 2 rings (SSSR count). The van der Waals surface area contributed by atoms with Crippen molar-refractivity contribution < 1.29 is 9.59 Å². The Balaban J connectivity index is 2.29. The average Bonchev–Trinajstić information content (AvgIpc) is 2.49. The smallest absolute Gasteiger partial charge is 0.254 e. The predicted octanol–water partition coefficient (Wildman–Crippen LogP) is 1.04. The number of nitrogens with one attached hydrogen (secondary N) is 2. The number of piperazine rings is 1. The van der Waals surface area contributed by atoms with Gasteiger partial charge in [0.2, 0.25) is 5.91 Å². The summed E-state index contributed by atoms with van der Waals surface area (Å²) in [6, 6.07) is 3.12. The van der Waals surface area contributed by atoms with Crippen LogP contribution in [0.3, 0.4) is 0 Å². The highest BCUT2D eigenvalue weighted by atomic mass is 16.2. The summed E-state index contributed by atoms with van der Waals surface area (Å²) in [5.74, 6) is 0.457. The summed E-state index contributed by atoms with van der Waals surface area (Å²) in [6.45, 7) is 4.86. The van der Waals surface area contributed by atoms with Gasteiger partial charge in [0, 0.05) is 31.4 Å². The Labute approximate surface area is 124 Å². The predicted molar refractivity (Wildman–Crippen MR) is 81.3 cm³/mol. The maximum atomic E-state index is 12.7. The maximum absolute atomic E-state index is 12.7. The number of carbonyl (C=O) groups is 2. The zero-order valence-corrected chi connectivity index (χ0v) is 12.8. The molecule has 114 valence electrons. The van der Waals surface area contributed by atoms with Crippen LogP contribution in [0.4, 0.5) is 5.82 Å². The van der Waals surface area contributed by atoms with Gasteiger partial charge in [0.15, 0.2) is 0 Å². The van der Waals surface area contributed by atoms with Crippen molar-refractivity contribution in [3.05, 3.63) is 23.4 Å². The van der Waals surface area contributed by atoms with Crippen LogP contribution in [0.15, 0.2) is 12.1 Å². The Kier molecular flexibility index (Phi) is 4.77. The molecule has 0 bridgehead atoms. The fourth-order valence-corrected chi connectivity index (χ4v) is 2.45. The molecule has 21 heavy (non-hydrogen) atoms. The average molecular weight is 290 g/mol. The first-order valence-electron chi connectivity index (χ1n) is 7.34. The third kappa shape index (κ3) is 3.32. The van der Waals surface area contributed by atoms with Gasteiger partial charge < -0.3 is 15.5 Å². The molecule has 1 aliphatic rings. The number of aryl methyl sites for hydroxylation is 1. The minimum atomic E-state index is -0.438. The third-order valence-corrected chi connectivity index (χ3v) is 3.65. The largest absolute Gasteiger partial charge is 0.373 e. The topological polar surface area (TPSA) is 74.3 Å². The Hall–Kier alpha value is -2.11. The normalized spacial score (nSPS) is 18.3. The molecule has 1 aromatic heterocycles. The summed E-state index contributed by atoms with van der Waals surface area (Å²) in [6.07, 6.45) is 1.79. The summed E-state index contributed by atoms with van der Waals surface area (Å²) in [4.78, 5) is 30.4. The molecular formula is C15H22N4O2. The first-order chi connectivity index (χ1) is 10.1. The van der Waals surface area contributed by atoms with E-state index in [0.717, 1.165) is 18.5 Å². The van der Waals surface area contributed by atoms with E-state index in [1.807, 2.05) is 6.07 Å². The quantitative estimate of drug-likeness (QED) is 0.869. The van der Waals surface area contributed by atoms with E-state index in [1.165, 1.54) is 0 Å². The number of hydrogen-bond donors (Lipinski definition) is 2. The van der Waals surface area contributed by atoms with Crippen LogP contribution in [0.1, 0.15) is 36.3 Å². The number of hydrogen-bond acceptors (Lipinski definition) is 4. The minimum Gasteiger partial charge on any atom is -0.373 e. The SMILES string of the molecule is CCCc1cc(C(=O)N2CCNC(=O)C2C)cc(NC)n1. The van der Waals surface area contributed by atoms with Crippen LogP contribution in [0.25, 0.3) is 0 Å². The van der Waals surface area contributed by atoms with E-state index in [9.17, 15) is 9.59 Å². The van der Waals surface area contributed by atoms with Gasteiger partial charge in [0.05, 0.1) is 0 Å². The van der Waals surface area contributed by atoms with Gasteiger partial charge in [0.1, 0.15) is 11.9 Å². The molecule has 2 N–H and O–H groups in total. The van der Waals surface area contributed by atoms with Crippen LogP contribution in [0.5, 0.6) is 0 Å². The van der Waals surface area contributed by atoms with E-state index < -0.39 is 6.04 Å². The highest BCUT2D eigenvalue weighted by Gasteiger charge is 2.30. The van der Waals surface area contributed by atoms with Crippen LogP contribution in [0.2, 0.25) is 0 Å². The van der Waals surface area contributed by atoms with Crippen molar-refractivity contribution in [2.24, 2.45) is 0 Å². The summed E-state index contributed by atoms with van der Waals surface area (Å²) in [5, 5.41) is 5.75. The van der Waals surface area contributed by atoms with Gasteiger partial charge in [-0.1, -0.05) is 13.3 Å². The Morgan fingerprint density at radius 1 is 1.52 bits per heavy atom. The standard InChI is InChI=1S/C15H22N4O2/c1-4-5-12-8-11(9-13(16-3)18-12)15(21)19-7-6-17-14(20)10(19)2/h8-10H,4-7H2,1-3H3,(H,16,18)(H,17,20). The number of aromatic nitrogens is 1. The summed E-state index contributed by atoms with van der Waals surface area (Å²) >= 11 is 0. The number of pyridine rings is 1. The molecule has 1 atom stereocenters. The van der Waals surface area contributed by atoms with Crippen LogP contribution >= 0.6 is 0 Å². The lowest BCUT2D eigenvalue weighted by Crippen LogP contribution is -2.55. The first kappa shape index (κ1) is 15.3. The van der Waals surface area contributed by atoms with E-state index >= 15 is 0 Å². The highest BCUT2D eigenvalue weighted by Crippen LogP contribution is 2.16. The molecule has 0 spiro atoms. The molecule has 0 aromatic carbocycles. The van der Waals surface area contributed by atoms with Crippen molar-refractivity contribution >= 4 is 17.6 Å². The van der Waals surface area contributed by atoms with Gasteiger partial charge in [-0.25, -0.2) is 4.98 Å². The number of anilines is 1. The van der Waals surface area contributed by atoms with Gasteiger partial charge in [0.25, 0.3) is 5.91 Å². The summed E-state index contributed by atoms with van der Waals surface area (Å²) < 4.78 is 0. The second kappa shape index (κ2) is 6.56. The molecule has 2 amide bonds. The molecule has 1 aliphatic heterocycles. The molecule has 1 saturated heterocycles. The lowest BCUT2D eigenvalue weighted by Gasteiger charge is -2.33. The Bertz CT molecular complexity index is 544. The van der Waals surface area contributed by atoms with Crippen molar-refractivity contribution in [1.29, 1.82) is 0 Å². The number of rotatable bonds is 4.